The summed E-state index contributed by atoms with van der Waals surface area (Å²) in [7, 11) is 0. The van der Waals surface area contributed by atoms with Crippen molar-refractivity contribution in [1.82, 2.24) is 6.15 Å². The Balaban J connectivity index is -0.0000000200. The molecule has 3 nitrogen and oxygen atoms in total. The summed E-state index contributed by atoms with van der Waals surface area (Å²) in [6.07, 6.45) is 0.250. The topological polar surface area (TPSA) is 69.1 Å². The van der Waals surface area contributed by atoms with Crippen molar-refractivity contribution < 1.29 is 29.1 Å². The van der Waals surface area contributed by atoms with E-state index in [2.05, 4.69) is 0 Å². The first-order valence-electron chi connectivity index (χ1n) is 0.408. The Morgan fingerprint density at radius 2 is 1.20 bits per heavy atom. The van der Waals surface area contributed by atoms with Crippen LogP contribution in [0.15, 0.2) is 0 Å². The van der Waals surface area contributed by atoms with Crippen LogP contribution in [0.3, 0.4) is 0 Å². The Morgan fingerprint density at radius 1 is 1.20 bits per heavy atom. The van der Waals surface area contributed by atoms with Crippen LogP contribution in [0.25, 0.3) is 0 Å². The predicted octanol–water partition coefficient (Wildman–Crippen LogP) is -0.424. The van der Waals surface area contributed by atoms with Gasteiger partial charge in [0.25, 0.3) is 0 Å². The van der Waals surface area contributed by atoms with E-state index in [1.165, 1.54) is 0 Å². The van der Waals surface area contributed by atoms with Crippen LogP contribution in [-0.2, 0) is 29.1 Å². The molecule has 0 rings (SSSR count). The molecule has 0 saturated carbocycles. The Hall–Kier alpha value is -0.0366. The fourth-order valence-electron chi connectivity index (χ4n) is 0. The van der Waals surface area contributed by atoms with Gasteiger partial charge < -0.3 is 6.15 Å². The Labute approximate surface area is 42.1 Å². The zero-order valence-corrected chi connectivity index (χ0v) is 5.70. The van der Waals surface area contributed by atoms with Gasteiger partial charge in [-0.2, -0.15) is 9.59 Å². The van der Waals surface area contributed by atoms with Gasteiger partial charge in [-0.25, -0.2) is 0 Å². The number of rotatable bonds is 0. The molecular weight excluding hydrogens is 123 g/mol. The van der Waals surface area contributed by atoms with E-state index in [1.54, 1.807) is 0 Å². The molecule has 0 heterocycles. The molecule has 0 unspecified atom stereocenters. The monoisotopic (exact) mass is 125 g/mol. The van der Waals surface area contributed by atoms with E-state index >= 15 is 0 Å². The fraction of sp³-hybridized carbons (Fsp3) is 0. The van der Waals surface area contributed by atoms with Crippen LogP contribution in [0.1, 0.15) is 0 Å². The quantitative estimate of drug-likeness (QED) is 0.448. The molecule has 0 aromatic heterocycles. The van der Waals surface area contributed by atoms with Crippen LogP contribution in [0, 0.1) is 0 Å². The van der Waals surface area contributed by atoms with Crippen LogP contribution in [0.4, 0.5) is 0 Å². The van der Waals surface area contributed by atoms with Crippen molar-refractivity contribution in [3.63, 3.8) is 0 Å². The van der Waals surface area contributed by atoms with E-state index in [0.717, 1.165) is 0 Å². The number of hydrogen-bond acceptors (Lipinski definition) is 3. The van der Waals surface area contributed by atoms with E-state index in [4.69, 9.17) is 9.59 Å². The van der Waals surface area contributed by atoms with Gasteiger partial charge in [-0.15, -0.1) is 0 Å². The van der Waals surface area contributed by atoms with Crippen molar-refractivity contribution in [3.8, 4) is 0 Å². The second-order valence-corrected chi connectivity index (χ2v) is 0.0833. The fourth-order valence-corrected chi connectivity index (χ4v) is 0. The first kappa shape index (κ1) is 20.2. The Bertz CT molecular complexity index is 30.6. The van der Waals surface area contributed by atoms with E-state index in [-0.39, 0.29) is 31.8 Å². The molecule has 0 radical (unpaired) electrons. The van der Waals surface area contributed by atoms with Crippen LogP contribution in [-0.4, -0.2) is 6.15 Å². The summed E-state index contributed by atoms with van der Waals surface area (Å²) in [5, 5.41) is 0. The van der Waals surface area contributed by atoms with Crippen LogP contribution in [0.5, 0.6) is 0 Å². The van der Waals surface area contributed by atoms with Gasteiger partial charge in [0.2, 0.25) is 0 Å². The zero-order chi connectivity index (χ0) is 2.71. The Morgan fingerprint density at radius 3 is 1.20 bits per heavy atom. The third-order valence-electron chi connectivity index (χ3n) is 0. The standard InChI is InChI=1S/CO2.H3N.Zn/c2-1-3;;/h;1H3;. The minimum absolute atomic E-state index is 0. The maximum absolute atomic E-state index is 8.12. The summed E-state index contributed by atoms with van der Waals surface area (Å²) >= 11 is 0. The van der Waals surface area contributed by atoms with Crippen molar-refractivity contribution in [3.05, 3.63) is 0 Å². The normalized spacial score (nSPS) is 1.60. The molecular formula is CH3NO2Zn. The van der Waals surface area contributed by atoms with Crippen molar-refractivity contribution in [1.29, 1.82) is 0 Å². The molecule has 0 aliphatic heterocycles. The summed E-state index contributed by atoms with van der Waals surface area (Å²) in [4.78, 5) is 16.2. The number of carbonyl (C=O) groups excluding carboxylic acids is 2. The molecule has 0 aliphatic rings. The summed E-state index contributed by atoms with van der Waals surface area (Å²) in [5.41, 5.74) is 0. The van der Waals surface area contributed by atoms with E-state index < -0.39 is 0 Å². The van der Waals surface area contributed by atoms with Gasteiger partial charge in [0.15, 0.2) is 0 Å². The van der Waals surface area contributed by atoms with E-state index in [1.807, 2.05) is 0 Å². The molecule has 0 spiro atoms. The third kappa shape index (κ3) is 11400. The molecule has 0 fully saturated rings. The van der Waals surface area contributed by atoms with Gasteiger partial charge in [-0.05, 0) is 0 Å². The van der Waals surface area contributed by atoms with Crippen molar-refractivity contribution in [2.24, 2.45) is 0 Å². The maximum atomic E-state index is 8.12. The van der Waals surface area contributed by atoms with Crippen molar-refractivity contribution in [2.45, 2.75) is 0 Å². The number of hydrogen-bond donors (Lipinski definition) is 1. The minimum atomic E-state index is 0. The molecule has 0 bridgehead atoms. The largest absolute Gasteiger partial charge is 0.373 e. The summed E-state index contributed by atoms with van der Waals surface area (Å²) < 4.78 is 0. The van der Waals surface area contributed by atoms with E-state index in [9.17, 15) is 0 Å². The second kappa shape index (κ2) is 37.5. The molecule has 0 aromatic rings. The molecule has 5 heavy (non-hydrogen) atoms. The molecule has 0 atom stereocenters. The van der Waals surface area contributed by atoms with Gasteiger partial charge in [0.05, 0.1) is 0 Å². The van der Waals surface area contributed by atoms with Crippen LogP contribution in [0.2, 0.25) is 0 Å². The van der Waals surface area contributed by atoms with Gasteiger partial charge in [-0.3, -0.25) is 0 Å². The Kier molecular flexibility index (Phi) is 152. The predicted molar refractivity (Wildman–Crippen MR) is 10.0 cm³/mol. The summed E-state index contributed by atoms with van der Waals surface area (Å²) in [6.45, 7) is 0. The van der Waals surface area contributed by atoms with Gasteiger partial charge in [0, 0.05) is 19.5 Å². The molecule has 0 amide bonds. The average molecular weight is 126 g/mol. The molecule has 3 N–H and O–H groups in total. The smallest absolute Gasteiger partial charge is 0.344 e. The second-order valence-electron chi connectivity index (χ2n) is 0.0833. The average Bonchev–Trinajstić information content (AvgIpc) is 0.918. The van der Waals surface area contributed by atoms with Gasteiger partial charge in [-0.1, -0.05) is 0 Å². The van der Waals surface area contributed by atoms with Crippen molar-refractivity contribution >= 4 is 6.15 Å². The zero-order valence-electron chi connectivity index (χ0n) is 2.73. The minimum Gasteiger partial charge on any atom is -0.344 e. The van der Waals surface area contributed by atoms with Gasteiger partial charge >= 0.3 is 6.15 Å². The maximum Gasteiger partial charge on any atom is 0.373 e. The van der Waals surface area contributed by atoms with Gasteiger partial charge in [0.1, 0.15) is 0 Å². The van der Waals surface area contributed by atoms with Crippen LogP contribution < -0.4 is 6.15 Å². The molecule has 0 aromatic carbocycles. The summed E-state index contributed by atoms with van der Waals surface area (Å²) in [5.74, 6) is 0. The SMILES string of the molecule is N.O=C=O.[Zn]. The molecule has 4 heteroatoms. The molecule has 0 aliphatic carbocycles. The third-order valence-corrected chi connectivity index (χ3v) is 0. The van der Waals surface area contributed by atoms with E-state index in [0.29, 0.717) is 0 Å². The summed E-state index contributed by atoms with van der Waals surface area (Å²) in [6, 6.07) is 0. The first-order valence-corrected chi connectivity index (χ1v) is 0.408. The van der Waals surface area contributed by atoms with Crippen molar-refractivity contribution in [2.75, 3.05) is 0 Å². The van der Waals surface area contributed by atoms with Crippen LogP contribution >= 0.6 is 0 Å². The first-order chi connectivity index (χ1) is 1.41. The molecule has 0 saturated heterocycles. The molecule has 26 valence electrons.